The predicted molar refractivity (Wildman–Crippen MR) is 47.4 cm³/mol. The summed E-state index contributed by atoms with van der Waals surface area (Å²) in [4.78, 5) is 12.2. The van der Waals surface area contributed by atoms with Gasteiger partial charge in [-0.2, -0.15) is 13.2 Å². The van der Waals surface area contributed by atoms with Crippen LogP contribution in [0.3, 0.4) is 0 Å². The van der Waals surface area contributed by atoms with E-state index in [1.54, 1.807) is 0 Å². The van der Waals surface area contributed by atoms with E-state index < -0.39 is 40.2 Å². The number of alkyl halides is 5. The third-order valence-electron chi connectivity index (χ3n) is 1.96. The summed E-state index contributed by atoms with van der Waals surface area (Å²) in [6.07, 6.45) is -8.78. The first kappa shape index (κ1) is 14.1. The molecule has 10 heteroatoms. The Hall–Kier alpha value is -2.00. The maximum absolute atomic E-state index is 12.6. The lowest BCUT2D eigenvalue weighted by Crippen LogP contribution is -2.13. The van der Waals surface area contributed by atoms with Crippen molar-refractivity contribution >= 4 is 5.69 Å². The lowest BCUT2D eigenvalue weighted by Gasteiger charge is -2.13. The zero-order valence-corrected chi connectivity index (χ0v) is 8.66. The maximum Gasteiger partial charge on any atom is 0.418 e. The van der Waals surface area contributed by atoms with Gasteiger partial charge in [0.25, 0.3) is 12.3 Å². The molecule has 0 unspecified atom stereocenters. The molecule has 0 N–H and O–H groups in total. The Morgan fingerprint density at radius 2 is 2.00 bits per heavy atom. The van der Waals surface area contributed by atoms with Crippen molar-refractivity contribution in [2.75, 3.05) is 7.11 Å². The van der Waals surface area contributed by atoms with Crippen LogP contribution in [0.5, 0.6) is 5.88 Å². The summed E-state index contributed by atoms with van der Waals surface area (Å²) in [5, 5.41) is 10.6. The van der Waals surface area contributed by atoms with Gasteiger partial charge < -0.3 is 4.74 Å². The highest BCUT2D eigenvalue weighted by atomic mass is 19.4. The molecule has 0 aliphatic rings. The molecule has 0 saturated heterocycles. The summed E-state index contributed by atoms with van der Waals surface area (Å²) in [6.45, 7) is 0. The van der Waals surface area contributed by atoms with Crippen LogP contribution < -0.4 is 4.74 Å². The van der Waals surface area contributed by atoms with Gasteiger partial charge in [0.15, 0.2) is 0 Å². The summed E-state index contributed by atoms with van der Waals surface area (Å²) < 4.78 is 66.9. The molecule has 0 bridgehead atoms. The van der Waals surface area contributed by atoms with Crippen molar-refractivity contribution in [3.05, 3.63) is 27.4 Å². The second-order valence-electron chi connectivity index (χ2n) is 3.00. The smallest absolute Gasteiger partial charge is 0.418 e. The van der Waals surface area contributed by atoms with E-state index in [1.165, 1.54) is 0 Å². The van der Waals surface area contributed by atoms with E-state index in [-0.39, 0.29) is 6.20 Å². The second kappa shape index (κ2) is 4.70. The Balaban J connectivity index is 3.68. The minimum absolute atomic E-state index is 0.0767. The molecule has 1 rings (SSSR count). The average molecular weight is 272 g/mol. The topological polar surface area (TPSA) is 65.3 Å². The minimum atomic E-state index is -5.17. The number of pyridine rings is 1. The number of rotatable bonds is 3. The van der Waals surface area contributed by atoms with E-state index in [1.807, 2.05) is 0 Å². The lowest BCUT2D eigenvalue weighted by atomic mass is 10.1. The largest absolute Gasteiger partial charge is 0.476 e. The van der Waals surface area contributed by atoms with Gasteiger partial charge in [-0.15, -0.1) is 0 Å². The van der Waals surface area contributed by atoms with Crippen molar-refractivity contribution in [2.24, 2.45) is 0 Å². The number of nitro groups is 1. The monoisotopic (exact) mass is 272 g/mol. The normalized spacial score (nSPS) is 11.7. The van der Waals surface area contributed by atoms with E-state index in [0.717, 1.165) is 7.11 Å². The number of ether oxygens (including phenoxy) is 1. The molecule has 0 aromatic carbocycles. The first-order chi connectivity index (χ1) is 8.20. The molecule has 0 aliphatic carbocycles. The van der Waals surface area contributed by atoms with E-state index in [2.05, 4.69) is 9.72 Å². The minimum Gasteiger partial charge on any atom is -0.476 e. The van der Waals surface area contributed by atoms with Crippen LogP contribution in [0.25, 0.3) is 0 Å². The molecule has 0 fully saturated rings. The van der Waals surface area contributed by atoms with Gasteiger partial charge in [-0.05, 0) is 0 Å². The van der Waals surface area contributed by atoms with Crippen molar-refractivity contribution in [1.29, 1.82) is 0 Å². The second-order valence-corrected chi connectivity index (χ2v) is 3.00. The fraction of sp³-hybridized carbons (Fsp3) is 0.375. The number of hydrogen-bond donors (Lipinski definition) is 0. The summed E-state index contributed by atoms with van der Waals surface area (Å²) in [7, 11) is 0.873. The van der Waals surface area contributed by atoms with Gasteiger partial charge >= 0.3 is 11.9 Å². The van der Waals surface area contributed by atoms with E-state index in [9.17, 15) is 32.1 Å². The quantitative estimate of drug-likeness (QED) is 0.482. The summed E-state index contributed by atoms with van der Waals surface area (Å²) in [5.41, 5.74) is -5.09. The molecule has 1 heterocycles. The van der Waals surface area contributed by atoms with Crippen molar-refractivity contribution in [3.63, 3.8) is 0 Å². The summed E-state index contributed by atoms with van der Waals surface area (Å²) in [6, 6.07) is 0. The summed E-state index contributed by atoms with van der Waals surface area (Å²) in [5.74, 6) is -0.900. The van der Waals surface area contributed by atoms with Crippen LogP contribution in [0.4, 0.5) is 27.6 Å². The molecule has 1 aromatic heterocycles. The third kappa shape index (κ3) is 2.46. The molecule has 5 nitrogen and oxygen atoms in total. The Kier molecular flexibility index (Phi) is 3.67. The first-order valence-corrected chi connectivity index (χ1v) is 4.26. The van der Waals surface area contributed by atoms with Crippen molar-refractivity contribution in [2.45, 2.75) is 12.6 Å². The molecule has 0 radical (unpaired) electrons. The number of nitrogens with zero attached hydrogens (tertiary/aromatic N) is 2. The van der Waals surface area contributed by atoms with E-state index in [4.69, 9.17) is 0 Å². The van der Waals surface area contributed by atoms with E-state index in [0.29, 0.717) is 0 Å². The summed E-state index contributed by atoms with van der Waals surface area (Å²) >= 11 is 0. The van der Waals surface area contributed by atoms with Crippen LogP contribution in [-0.4, -0.2) is 17.0 Å². The molecule has 1 aromatic rings. The lowest BCUT2D eigenvalue weighted by molar-refractivity contribution is -0.387. The number of methoxy groups -OCH3 is 1. The van der Waals surface area contributed by atoms with Gasteiger partial charge in [0, 0.05) is 6.20 Å². The SMILES string of the molecule is COc1ncc(C(F)(F)F)c(C(F)F)c1[N+](=O)[O-]. The Labute approximate surface area is 96.3 Å². The van der Waals surface area contributed by atoms with Crippen molar-refractivity contribution in [3.8, 4) is 5.88 Å². The standard InChI is InChI=1S/C8H5F5N2O3/c1-18-7-5(15(16)17)4(6(9)10)3(2-14-7)8(11,12)13/h2,6H,1H3. The van der Waals surface area contributed by atoms with E-state index >= 15 is 0 Å². The molecule has 0 amide bonds. The van der Waals surface area contributed by atoms with Gasteiger partial charge in [0.1, 0.15) is 5.56 Å². The highest BCUT2D eigenvalue weighted by Crippen LogP contribution is 2.43. The zero-order chi connectivity index (χ0) is 14.1. The Bertz CT molecular complexity index is 475. The molecule has 100 valence electrons. The first-order valence-electron chi connectivity index (χ1n) is 4.26. The van der Waals surface area contributed by atoms with Crippen LogP contribution in [0.15, 0.2) is 6.20 Å². The highest BCUT2D eigenvalue weighted by Gasteiger charge is 2.42. The van der Waals surface area contributed by atoms with Gasteiger partial charge in [-0.1, -0.05) is 0 Å². The van der Waals surface area contributed by atoms with Crippen molar-refractivity contribution in [1.82, 2.24) is 4.98 Å². The molecule has 0 aliphatic heterocycles. The van der Waals surface area contributed by atoms with Gasteiger partial charge in [-0.25, -0.2) is 13.8 Å². The fourth-order valence-corrected chi connectivity index (χ4v) is 1.27. The molecule has 0 saturated carbocycles. The van der Waals surface area contributed by atoms with Gasteiger partial charge in [-0.3, -0.25) is 10.1 Å². The number of hydrogen-bond acceptors (Lipinski definition) is 4. The highest BCUT2D eigenvalue weighted by molar-refractivity contribution is 5.53. The van der Waals surface area contributed by atoms with Crippen LogP contribution in [0.1, 0.15) is 17.6 Å². The van der Waals surface area contributed by atoms with Crippen LogP contribution in [-0.2, 0) is 6.18 Å². The molecular formula is C8H5F5N2O3. The van der Waals surface area contributed by atoms with Crippen LogP contribution in [0.2, 0.25) is 0 Å². The Morgan fingerprint density at radius 3 is 2.33 bits per heavy atom. The zero-order valence-electron chi connectivity index (χ0n) is 8.66. The fourth-order valence-electron chi connectivity index (χ4n) is 1.27. The molecule has 0 spiro atoms. The maximum atomic E-state index is 12.6. The van der Waals surface area contributed by atoms with Gasteiger partial charge in [0.05, 0.1) is 17.6 Å². The molecule has 18 heavy (non-hydrogen) atoms. The average Bonchev–Trinajstić information content (AvgIpc) is 2.25. The number of halogens is 5. The van der Waals surface area contributed by atoms with Gasteiger partial charge in [0.2, 0.25) is 0 Å². The Morgan fingerprint density at radius 1 is 1.44 bits per heavy atom. The van der Waals surface area contributed by atoms with Crippen LogP contribution in [0, 0.1) is 10.1 Å². The van der Waals surface area contributed by atoms with Crippen LogP contribution >= 0.6 is 0 Å². The number of aromatic nitrogens is 1. The predicted octanol–water partition coefficient (Wildman–Crippen LogP) is 2.95. The molecule has 0 atom stereocenters. The third-order valence-corrected chi connectivity index (χ3v) is 1.96. The molecular weight excluding hydrogens is 267 g/mol. The van der Waals surface area contributed by atoms with Crippen molar-refractivity contribution < 1.29 is 31.6 Å².